The molecule has 0 radical (unpaired) electrons. The van der Waals surface area contributed by atoms with E-state index in [0.29, 0.717) is 11.4 Å². The Morgan fingerprint density at radius 3 is 2.85 bits per heavy atom. The number of nitrogen functional groups attached to an aromatic ring is 1. The molecule has 4 nitrogen and oxygen atoms in total. The number of aromatic nitrogens is 2. The number of rotatable bonds is 4. The van der Waals surface area contributed by atoms with Gasteiger partial charge in [0.1, 0.15) is 10.8 Å². The summed E-state index contributed by atoms with van der Waals surface area (Å²) in [6, 6.07) is 5.77. The second-order valence-corrected chi connectivity index (χ2v) is 7.73. The number of allylic oxidation sites excluding steroid dienone is 5. The van der Waals surface area contributed by atoms with Crippen LogP contribution in [0.15, 0.2) is 53.3 Å². The van der Waals surface area contributed by atoms with E-state index in [1.54, 1.807) is 11.3 Å². The van der Waals surface area contributed by atoms with Gasteiger partial charge in [0.2, 0.25) is 0 Å². The lowest BCUT2D eigenvalue weighted by atomic mass is 10.1. The van der Waals surface area contributed by atoms with Crippen molar-refractivity contribution in [2.24, 2.45) is 0 Å². The number of nitrogens with two attached hydrogens (primary N) is 1. The summed E-state index contributed by atoms with van der Waals surface area (Å²) < 4.78 is 5.70. The minimum absolute atomic E-state index is 0.0902. The number of hydrogen-bond donors (Lipinski definition) is 1. The number of benzene rings is 1. The molecule has 0 bridgehead atoms. The van der Waals surface area contributed by atoms with Crippen LogP contribution in [0.2, 0.25) is 0 Å². The van der Waals surface area contributed by atoms with Crippen LogP contribution >= 0.6 is 11.3 Å². The first-order chi connectivity index (χ1) is 12.6. The highest BCUT2D eigenvalue weighted by atomic mass is 32.1. The third kappa shape index (κ3) is 3.36. The second kappa shape index (κ2) is 6.94. The predicted molar refractivity (Wildman–Crippen MR) is 107 cm³/mol. The molecule has 132 valence electrons. The number of nitrogens with zero attached hydrogens (tertiary/aromatic N) is 2. The Balaban J connectivity index is 1.65. The van der Waals surface area contributed by atoms with Gasteiger partial charge in [-0.1, -0.05) is 23.5 Å². The molecule has 0 amide bonds. The molecule has 1 saturated carbocycles. The smallest absolute Gasteiger partial charge is 0.155 e. The van der Waals surface area contributed by atoms with E-state index >= 15 is 0 Å². The third-order valence-corrected chi connectivity index (χ3v) is 5.39. The van der Waals surface area contributed by atoms with Crippen molar-refractivity contribution in [1.29, 1.82) is 0 Å². The number of fused-ring (bicyclic) bond motifs is 1. The van der Waals surface area contributed by atoms with Crippen LogP contribution in [0.3, 0.4) is 0 Å². The summed E-state index contributed by atoms with van der Waals surface area (Å²) >= 11 is 1.56. The molecule has 1 heterocycles. The summed E-state index contributed by atoms with van der Waals surface area (Å²) in [5, 5.41) is 10.5. The molecule has 1 aromatic carbocycles. The third-order valence-electron chi connectivity index (χ3n) is 4.38. The van der Waals surface area contributed by atoms with E-state index in [4.69, 9.17) is 10.5 Å². The molecule has 1 fully saturated rings. The summed E-state index contributed by atoms with van der Waals surface area (Å²) in [7, 11) is 0. The van der Waals surface area contributed by atoms with Gasteiger partial charge in [-0.2, -0.15) is 0 Å². The molecule has 5 heteroatoms. The van der Waals surface area contributed by atoms with Crippen molar-refractivity contribution in [2.45, 2.75) is 39.2 Å². The van der Waals surface area contributed by atoms with Crippen LogP contribution in [0, 0.1) is 0 Å². The van der Waals surface area contributed by atoms with Crippen molar-refractivity contribution in [3.63, 3.8) is 0 Å². The van der Waals surface area contributed by atoms with Crippen LogP contribution in [0.25, 0.3) is 16.1 Å². The van der Waals surface area contributed by atoms with Gasteiger partial charge in [-0.15, -0.1) is 15.9 Å². The lowest BCUT2D eigenvalue weighted by Gasteiger charge is -2.12. The fourth-order valence-corrected chi connectivity index (χ4v) is 4.00. The molecule has 0 atom stereocenters. The normalized spacial score (nSPS) is 16.0. The molecule has 2 aliphatic carbocycles. The highest BCUT2D eigenvalue weighted by molar-refractivity contribution is 7.15. The Labute approximate surface area is 157 Å². The lowest BCUT2D eigenvalue weighted by Crippen LogP contribution is -2.07. The molecule has 2 N–H and O–H groups in total. The van der Waals surface area contributed by atoms with Gasteiger partial charge in [-0.25, -0.2) is 0 Å². The zero-order valence-corrected chi connectivity index (χ0v) is 15.8. The zero-order chi connectivity index (χ0) is 18.1. The average Bonchev–Trinajstić information content (AvgIpc) is 3.22. The lowest BCUT2D eigenvalue weighted by molar-refractivity contribution is 0.244. The van der Waals surface area contributed by atoms with E-state index in [1.165, 1.54) is 17.6 Å². The fourth-order valence-electron chi connectivity index (χ4n) is 3.17. The molecule has 0 unspecified atom stereocenters. The topological polar surface area (TPSA) is 61.0 Å². The SMILES string of the molecule is CC(C)Oc1ccc(-c2nnc(C3=C=C4CCCC4=CC=C3)s2)cc1N. The Hall–Kier alpha value is -2.62. The largest absolute Gasteiger partial charge is 0.489 e. The highest BCUT2D eigenvalue weighted by Crippen LogP contribution is 2.35. The average molecular weight is 363 g/mol. The first-order valence-electron chi connectivity index (χ1n) is 8.88. The van der Waals surface area contributed by atoms with E-state index in [9.17, 15) is 0 Å². The van der Waals surface area contributed by atoms with Gasteiger partial charge in [0, 0.05) is 5.56 Å². The molecule has 1 aromatic heterocycles. The van der Waals surface area contributed by atoms with Crippen LogP contribution in [-0.4, -0.2) is 16.3 Å². The molecule has 0 saturated heterocycles. The van der Waals surface area contributed by atoms with Crippen molar-refractivity contribution in [3.05, 3.63) is 58.3 Å². The second-order valence-electron chi connectivity index (χ2n) is 6.75. The van der Waals surface area contributed by atoms with E-state index < -0.39 is 0 Å². The first-order valence-corrected chi connectivity index (χ1v) is 9.69. The van der Waals surface area contributed by atoms with E-state index in [-0.39, 0.29) is 6.10 Å². The van der Waals surface area contributed by atoms with Crippen LogP contribution in [0.5, 0.6) is 5.75 Å². The summed E-state index contributed by atoms with van der Waals surface area (Å²) in [6.07, 6.45) is 9.89. The van der Waals surface area contributed by atoms with E-state index in [1.807, 2.05) is 32.0 Å². The molecule has 0 aliphatic heterocycles. The Bertz CT molecular complexity index is 975. The van der Waals surface area contributed by atoms with Gasteiger partial charge in [-0.05, 0) is 68.5 Å². The van der Waals surface area contributed by atoms with Crippen molar-refractivity contribution < 1.29 is 4.74 Å². The van der Waals surface area contributed by atoms with Crippen molar-refractivity contribution in [2.75, 3.05) is 5.73 Å². The first kappa shape index (κ1) is 16.8. The maximum Gasteiger partial charge on any atom is 0.155 e. The minimum Gasteiger partial charge on any atom is -0.489 e. The van der Waals surface area contributed by atoms with E-state index in [0.717, 1.165) is 34.0 Å². The monoisotopic (exact) mass is 363 g/mol. The highest BCUT2D eigenvalue weighted by Gasteiger charge is 2.16. The van der Waals surface area contributed by atoms with Crippen LogP contribution in [-0.2, 0) is 0 Å². The molecule has 26 heavy (non-hydrogen) atoms. The summed E-state index contributed by atoms with van der Waals surface area (Å²) in [4.78, 5) is 0. The van der Waals surface area contributed by atoms with E-state index in [2.05, 4.69) is 34.2 Å². The van der Waals surface area contributed by atoms with Gasteiger partial charge < -0.3 is 10.5 Å². The number of ether oxygens (including phenoxy) is 1. The van der Waals surface area contributed by atoms with Gasteiger partial charge in [-0.3, -0.25) is 0 Å². The molecular formula is C21H21N3OS. The van der Waals surface area contributed by atoms with Crippen LogP contribution in [0.4, 0.5) is 5.69 Å². The quantitative estimate of drug-likeness (QED) is 0.602. The Morgan fingerprint density at radius 2 is 2.04 bits per heavy atom. The minimum atomic E-state index is 0.0902. The molecular weight excluding hydrogens is 342 g/mol. The zero-order valence-electron chi connectivity index (χ0n) is 15.0. The summed E-state index contributed by atoms with van der Waals surface area (Å²) in [6.45, 7) is 3.97. The standard InChI is InChI=1S/C21H21N3OS/c1-13(2)25-19-10-9-17(12-18(19)22)21-24-23-20(26-21)16-8-4-6-14-5-3-7-15(14)11-16/h4,6,8-10,12-13H,3,5,7,22H2,1-2H3. The van der Waals surface area contributed by atoms with Crippen molar-refractivity contribution >= 4 is 22.6 Å². The van der Waals surface area contributed by atoms with Gasteiger partial charge >= 0.3 is 0 Å². The molecule has 4 rings (SSSR count). The maximum absolute atomic E-state index is 6.13. The predicted octanol–water partition coefficient (Wildman–Crippen LogP) is 5.16. The Morgan fingerprint density at radius 1 is 1.19 bits per heavy atom. The Kier molecular flexibility index (Phi) is 4.49. The fraction of sp³-hybridized carbons (Fsp3) is 0.286. The number of anilines is 1. The van der Waals surface area contributed by atoms with Crippen molar-refractivity contribution in [3.8, 4) is 16.3 Å². The molecule has 2 aliphatic rings. The van der Waals surface area contributed by atoms with Crippen LogP contribution in [0.1, 0.15) is 38.1 Å². The van der Waals surface area contributed by atoms with Crippen molar-refractivity contribution in [1.82, 2.24) is 10.2 Å². The van der Waals surface area contributed by atoms with Gasteiger partial charge in [0.15, 0.2) is 5.01 Å². The summed E-state index contributed by atoms with van der Waals surface area (Å²) in [5.41, 5.74) is 14.9. The number of hydrogen-bond acceptors (Lipinski definition) is 5. The maximum atomic E-state index is 6.13. The summed E-state index contributed by atoms with van der Waals surface area (Å²) in [5.74, 6) is 0.701. The van der Waals surface area contributed by atoms with Gasteiger partial charge in [0.25, 0.3) is 0 Å². The molecule has 2 aromatic rings. The van der Waals surface area contributed by atoms with Crippen LogP contribution < -0.4 is 10.5 Å². The van der Waals surface area contributed by atoms with Gasteiger partial charge in [0.05, 0.1) is 17.4 Å². The molecule has 0 spiro atoms.